The van der Waals surface area contributed by atoms with E-state index in [9.17, 15) is 9.77 Å². The summed E-state index contributed by atoms with van der Waals surface area (Å²) in [5.74, 6) is 0.121. The maximum absolute atomic E-state index is 13.1. The maximum Gasteiger partial charge on any atom is 0.476 e. The lowest BCUT2D eigenvalue weighted by Gasteiger charge is -2.30. The summed E-state index contributed by atoms with van der Waals surface area (Å²) in [5, 5.41) is 16.3. The first kappa shape index (κ1) is 21.1. The molecule has 0 saturated heterocycles. The summed E-state index contributed by atoms with van der Waals surface area (Å²) >= 11 is 0. The van der Waals surface area contributed by atoms with Crippen molar-refractivity contribution in [2.24, 2.45) is 0 Å². The van der Waals surface area contributed by atoms with Gasteiger partial charge in [0.15, 0.2) is 0 Å². The maximum atomic E-state index is 13.1. The summed E-state index contributed by atoms with van der Waals surface area (Å²) in [4.78, 5) is 4.96. The minimum atomic E-state index is -3.91. The third-order valence-corrected chi connectivity index (χ3v) is 5.96. The van der Waals surface area contributed by atoms with E-state index >= 15 is 0 Å². The molecule has 28 heavy (non-hydrogen) atoms. The topological polar surface area (TPSA) is 97.5 Å². The van der Waals surface area contributed by atoms with E-state index in [2.05, 4.69) is 10.1 Å². The number of hydrogen-bond donors (Lipinski definition) is 0. The number of aryl methyl sites for hydroxylation is 2. The first-order chi connectivity index (χ1) is 12.8. The van der Waals surface area contributed by atoms with Gasteiger partial charge in [-0.2, -0.15) is 0 Å². The van der Waals surface area contributed by atoms with Gasteiger partial charge in [0, 0.05) is 11.2 Å². The molecule has 0 spiro atoms. The molecule has 1 aliphatic rings. The molecule has 0 atom stereocenters. The molecule has 0 fully saturated rings. The molecule has 154 valence electrons. The minimum absolute atomic E-state index is 0.121. The Labute approximate surface area is 165 Å². The van der Waals surface area contributed by atoms with Gasteiger partial charge >= 0.3 is 7.82 Å². The molecule has 2 aromatic rings. The first-order valence-corrected chi connectivity index (χ1v) is 10.9. The highest BCUT2D eigenvalue weighted by molar-refractivity contribution is 7.48. The average molecular weight is 409 g/mol. The minimum Gasteiger partial charge on any atom is -0.594 e. The monoisotopic (exact) mass is 409 g/mol. The van der Waals surface area contributed by atoms with E-state index in [4.69, 9.17) is 13.6 Å². The highest BCUT2D eigenvalue weighted by Gasteiger charge is 2.37. The van der Waals surface area contributed by atoms with Gasteiger partial charge in [-0.1, -0.05) is 0 Å². The van der Waals surface area contributed by atoms with E-state index in [-0.39, 0.29) is 12.4 Å². The quantitative estimate of drug-likeness (QED) is 0.418. The van der Waals surface area contributed by atoms with E-state index in [1.54, 1.807) is 41.5 Å². The standard InChI is InChI=1S/C19H28N3O5P/c1-18(2,3)26-28(24,27-19(4,5)6)25-12-17-20-15-10-13-8-7-9-14(13)11-16(15)22(23)21-17/h10-11H,7-9,12H2,1-6H3. The smallest absolute Gasteiger partial charge is 0.476 e. The fourth-order valence-corrected chi connectivity index (χ4v) is 4.86. The third kappa shape index (κ3) is 5.26. The van der Waals surface area contributed by atoms with Crippen molar-refractivity contribution in [2.75, 3.05) is 0 Å². The predicted octanol–water partition coefficient (Wildman–Crippen LogP) is 4.01. The van der Waals surface area contributed by atoms with Crippen LogP contribution >= 0.6 is 7.82 Å². The lowest BCUT2D eigenvalue weighted by atomic mass is 10.1. The summed E-state index contributed by atoms with van der Waals surface area (Å²) in [5.41, 5.74) is 1.85. The Balaban J connectivity index is 1.86. The molecule has 0 N–H and O–H groups in total. The zero-order chi connectivity index (χ0) is 20.7. The van der Waals surface area contributed by atoms with Crippen LogP contribution in [0.2, 0.25) is 0 Å². The van der Waals surface area contributed by atoms with Crippen LogP contribution in [0, 0.1) is 5.21 Å². The van der Waals surface area contributed by atoms with Crippen LogP contribution in [-0.2, 0) is 37.6 Å². The molecule has 1 aromatic carbocycles. The molecule has 9 heteroatoms. The van der Waals surface area contributed by atoms with Crippen molar-refractivity contribution >= 4 is 18.9 Å². The normalized spacial score (nSPS) is 15.2. The van der Waals surface area contributed by atoms with Crippen LogP contribution in [0.5, 0.6) is 0 Å². The molecule has 1 aliphatic carbocycles. The van der Waals surface area contributed by atoms with Gasteiger partial charge in [-0.25, -0.2) is 9.55 Å². The van der Waals surface area contributed by atoms with Crippen LogP contribution in [0.15, 0.2) is 12.1 Å². The van der Waals surface area contributed by atoms with Gasteiger partial charge in [0.25, 0.3) is 5.52 Å². The molecular weight excluding hydrogens is 381 g/mol. The van der Waals surface area contributed by atoms with Crippen LogP contribution in [0.3, 0.4) is 0 Å². The van der Waals surface area contributed by atoms with Crippen molar-refractivity contribution < 1.29 is 23.0 Å². The summed E-state index contributed by atoms with van der Waals surface area (Å²) in [6, 6.07) is 3.78. The molecule has 8 nitrogen and oxygen atoms in total. The largest absolute Gasteiger partial charge is 0.594 e. The van der Waals surface area contributed by atoms with Gasteiger partial charge in [0.05, 0.1) is 11.2 Å². The van der Waals surface area contributed by atoms with Crippen LogP contribution in [0.4, 0.5) is 0 Å². The fourth-order valence-electron chi connectivity index (χ4n) is 3.10. The number of phosphoric acid groups is 1. The average Bonchev–Trinajstić information content (AvgIpc) is 2.95. The molecule has 0 bridgehead atoms. The summed E-state index contributed by atoms with van der Waals surface area (Å²) in [7, 11) is -3.91. The van der Waals surface area contributed by atoms with E-state index < -0.39 is 19.0 Å². The Morgan fingerprint density at radius 1 is 1.07 bits per heavy atom. The SMILES string of the molecule is CC(C)(C)OP(=O)(OCc1nc2cc3c(cc2[n+]([O-])n1)CCC3)OC(C)(C)C. The zero-order valence-electron chi connectivity index (χ0n) is 17.3. The Morgan fingerprint density at radius 3 is 2.21 bits per heavy atom. The van der Waals surface area contributed by atoms with Crippen molar-refractivity contribution in [1.29, 1.82) is 0 Å². The molecule has 0 aliphatic heterocycles. The van der Waals surface area contributed by atoms with Crippen LogP contribution in [0.1, 0.15) is 64.9 Å². The number of phosphoric ester groups is 1. The lowest BCUT2D eigenvalue weighted by Crippen LogP contribution is -2.34. The summed E-state index contributed by atoms with van der Waals surface area (Å²) in [6.45, 7) is 10.3. The third-order valence-electron chi connectivity index (χ3n) is 3.97. The number of rotatable bonds is 5. The fraction of sp³-hybridized carbons (Fsp3) is 0.632. The van der Waals surface area contributed by atoms with E-state index in [0.717, 1.165) is 19.3 Å². The number of benzene rings is 1. The van der Waals surface area contributed by atoms with Gasteiger partial charge in [-0.15, -0.1) is 0 Å². The molecule has 3 rings (SSSR count). The Hall–Kier alpha value is -1.60. The van der Waals surface area contributed by atoms with E-state index in [0.29, 0.717) is 15.9 Å². The van der Waals surface area contributed by atoms with Crippen molar-refractivity contribution in [3.8, 4) is 0 Å². The second-order valence-electron chi connectivity index (χ2n) is 8.99. The molecule has 0 amide bonds. The summed E-state index contributed by atoms with van der Waals surface area (Å²) < 4.78 is 29.8. The Kier molecular flexibility index (Phi) is 5.53. The van der Waals surface area contributed by atoms with Gasteiger partial charge in [-0.3, -0.25) is 13.6 Å². The molecule has 0 radical (unpaired) electrons. The summed E-state index contributed by atoms with van der Waals surface area (Å²) in [6.07, 6.45) is 3.02. The Morgan fingerprint density at radius 2 is 1.64 bits per heavy atom. The number of hydrogen-bond acceptors (Lipinski definition) is 7. The van der Waals surface area contributed by atoms with Gasteiger partial charge < -0.3 is 5.21 Å². The molecular formula is C19H28N3O5P. The lowest BCUT2D eigenvalue weighted by molar-refractivity contribution is -0.644. The van der Waals surface area contributed by atoms with Gasteiger partial charge in [-0.05, 0) is 82.8 Å². The van der Waals surface area contributed by atoms with Crippen LogP contribution in [-0.4, -0.2) is 21.3 Å². The van der Waals surface area contributed by atoms with Gasteiger partial charge in [0.2, 0.25) is 5.82 Å². The Bertz CT molecular complexity index is 914. The van der Waals surface area contributed by atoms with Crippen molar-refractivity contribution in [2.45, 2.75) is 78.6 Å². The van der Waals surface area contributed by atoms with Crippen molar-refractivity contribution in [3.05, 3.63) is 34.3 Å². The van der Waals surface area contributed by atoms with Crippen molar-refractivity contribution in [3.63, 3.8) is 0 Å². The second-order valence-corrected chi connectivity index (χ2v) is 10.5. The van der Waals surface area contributed by atoms with Crippen LogP contribution < -0.4 is 4.85 Å². The van der Waals surface area contributed by atoms with Gasteiger partial charge in [0.1, 0.15) is 12.1 Å². The van der Waals surface area contributed by atoms with Crippen LogP contribution in [0.25, 0.3) is 11.0 Å². The van der Waals surface area contributed by atoms with E-state index in [1.165, 1.54) is 11.1 Å². The van der Waals surface area contributed by atoms with E-state index in [1.807, 2.05) is 12.1 Å². The number of nitrogens with zero attached hydrogens (tertiary/aromatic N) is 3. The molecule has 1 aromatic heterocycles. The second kappa shape index (κ2) is 7.34. The predicted molar refractivity (Wildman–Crippen MR) is 105 cm³/mol. The number of aromatic nitrogens is 3. The highest BCUT2D eigenvalue weighted by Crippen LogP contribution is 2.55. The zero-order valence-corrected chi connectivity index (χ0v) is 18.2. The molecule has 0 saturated carbocycles. The number of fused-ring (bicyclic) bond motifs is 2. The molecule has 1 heterocycles. The highest BCUT2D eigenvalue weighted by atomic mass is 31.2. The first-order valence-electron chi connectivity index (χ1n) is 9.42. The molecule has 0 unspecified atom stereocenters. The van der Waals surface area contributed by atoms with Crippen molar-refractivity contribution in [1.82, 2.24) is 10.1 Å².